The van der Waals surface area contributed by atoms with Crippen molar-refractivity contribution in [1.82, 2.24) is 4.90 Å². The normalized spacial score (nSPS) is 11.6. The molecule has 3 aromatic carbocycles. The summed E-state index contributed by atoms with van der Waals surface area (Å²) in [6, 6.07) is 26.9. The average molecular weight is 450 g/mol. The van der Waals surface area contributed by atoms with Crippen LogP contribution in [0.15, 0.2) is 84.9 Å². The van der Waals surface area contributed by atoms with Crippen molar-refractivity contribution in [3.8, 4) is 0 Å². The van der Waals surface area contributed by atoms with Gasteiger partial charge in [-0.05, 0) is 55.2 Å². The molecule has 0 spiro atoms. The van der Waals surface area contributed by atoms with Crippen molar-refractivity contribution in [2.24, 2.45) is 0 Å². The van der Waals surface area contributed by atoms with Gasteiger partial charge in [-0.3, -0.25) is 9.59 Å². The molecule has 32 heavy (non-hydrogen) atoms. The lowest BCUT2D eigenvalue weighted by Crippen LogP contribution is -2.37. The van der Waals surface area contributed by atoms with Gasteiger partial charge in [-0.15, -0.1) is 0 Å². The number of benzene rings is 3. The van der Waals surface area contributed by atoms with Crippen molar-refractivity contribution < 1.29 is 14.3 Å². The van der Waals surface area contributed by atoms with Gasteiger partial charge in [0.15, 0.2) is 0 Å². The van der Waals surface area contributed by atoms with Crippen LogP contribution >= 0.6 is 11.6 Å². The second-order valence-electron chi connectivity index (χ2n) is 7.53. The minimum absolute atomic E-state index is 0.0877. The lowest BCUT2D eigenvalue weighted by atomic mass is 9.96. The topological polar surface area (TPSA) is 46.6 Å². The van der Waals surface area contributed by atoms with E-state index >= 15 is 0 Å². The maximum absolute atomic E-state index is 13.6. The second-order valence-corrected chi connectivity index (χ2v) is 7.97. The van der Waals surface area contributed by atoms with Crippen molar-refractivity contribution in [2.45, 2.75) is 32.2 Å². The Balaban J connectivity index is 1.92. The Morgan fingerprint density at radius 2 is 1.53 bits per heavy atom. The Bertz CT molecular complexity index is 990. The van der Waals surface area contributed by atoms with Crippen molar-refractivity contribution in [1.29, 1.82) is 0 Å². The van der Waals surface area contributed by atoms with Crippen LogP contribution in [-0.4, -0.2) is 29.9 Å². The first-order valence-electron chi connectivity index (χ1n) is 10.9. The molecular weight excluding hydrogens is 422 g/mol. The molecule has 1 unspecified atom stereocenters. The summed E-state index contributed by atoms with van der Waals surface area (Å²) in [5.74, 6) is -0.332. The smallest absolute Gasteiger partial charge is 0.305 e. The summed E-state index contributed by atoms with van der Waals surface area (Å²) in [4.78, 5) is 27.4. The SMILES string of the molecule is CCOC(=O)CCCN(C(=O)c1ccc(Cl)cc1)C(Cc1ccccc1)c1ccccc1. The number of nitrogens with zero attached hydrogens (tertiary/aromatic N) is 1. The third kappa shape index (κ3) is 6.69. The number of esters is 1. The molecule has 0 aliphatic heterocycles. The summed E-state index contributed by atoms with van der Waals surface area (Å²) in [5, 5.41) is 0.583. The van der Waals surface area contributed by atoms with E-state index in [-0.39, 0.29) is 24.3 Å². The molecule has 3 rings (SSSR count). The van der Waals surface area contributed by atoms with Gasteiger partial charge in [0, 0.05) is 23.6 Å². The van der Waals surface area contributed by atoms with Crippen LogP contribution in [0.5, 0.6) is 0 Å². The van der Waals surface area contributed by atoms with Gasteiger partial charge in [0.1, 0.15) is 0 Å². The summed E-state index contributed by atoms with van der Waals surface area (Å²) in [6.07, 6.45) is 1.46. The highest BCUT2D eigenvalue weighted by Crippen LogP contribution is 2.28. The number of carbonyl (C=O) groups is 2. The maximum Gasteiger partial charge on any atom is 0.305 e. The molecule has 1 atom stereocenters. The predicted molar refractivity (Wildman–Crippen MR) is 128 cm³/mol. The Hall–Kier alpha value is -3.11. The molecule has 0 aliphatic carbocycles. The zero-order valence-electron chi connectivity index (χ0n) is 18.2. The van der Waals surface area contributed by atoms with E-state index in [2.05, 4.69) is 12.1 Å². The van der Waals surface area contributed by atoms with Gasteiger partial charge < -0.3 is 9.64 Å². The average Bonchev–Trinajstić information content (AvgIpc) is 2.82. The van der Waals surface area contributed by atoms with Crippen LogP contribution in [0.2, 0.25) is 5.02 Å². The van der Waals surface area contributed by atoms with Crippen LogP contribution in [0.1, 0.15) is 47.3 Å². The highest BCUT2D eigenvalue weighted by molar-refractivity contribution is 6.30. The zero-order valence-corrected chi connectivity index (χ0v) is 19.0. The fraction of sp³-hybridized carbons (Fsp3) is 0.259. The number of amides is 1. The van der Waals surface area contributed by atoms with Crippen molar-refractivity contribution in [3.63, 3.8) is 0 Å². The molecule has 0 radical (unpaired) electrons. The largest absolute Gasteiger partial charge is 0.466 e. The van der Waals surface area contributed by atoms with E-state index in [4.69, 9.17) is 16.3 Å². The van der Waals surface area contributed by atoms with Crippen LogP contribution in [0.4, 0.5) is 0 Å². The summed E-state index contributed by atoms with van der Waals surface area (Å²) in [7, 11) is 0. The van der Waals surface area contributed by atoms with Gasteiger partial charge in [0.05, 0.1) is 12.6 Å². The van der Waals surface area contributed by atoms with Crippen molar-refractivity contribution in [2.75, 3.05) is 13.2 Å². The van der Waals surface area contributed by atoms with E-state index in [9.17, 15) is 9.59 Å². The maximum atomic E-state index is 13.6. The summed E-state index contributed by atoms with van der Waals surface area (Å²) >= 11 is 6.03. The van der Waals surface area contributed by atoms with E-state index < -0.39 is 0 Å². The van der Waals surface area contributed by atoms with Crippen LogP contribution in [0, 0.1) is 0 Å². The molecule has 3 aromatic rings. The first-order valence-corrected chi connectivity index (χ1v) is 11.3. The van der Waals surface area contributed by atoms with Gasteiger partial charge in [0.25, 0.3) is 5.91 Å². The molecule has 0 aromatic heterocycles. The standard InChI is InChI=1S/C27H28ClNO3/c1-2-32-26(30)14-9-19-29(27(31)23-15-17-24(28)18-16-23)25(22-12-7-4-8-13-22)20-21-10-5-3-6-11-21/h3-8,10-13,15-18,25H,2,9,14,19-20H2,1H3. The van der Waals surface area contributed by atoms with Crippen molar-refractivity contribution >= 4 is 23.5 Å². The lowest BCUT2D eigenvalue weighted by Gasteiger charge is -2.33. The van der Waals surface area contributed by atoms with Crippen LogP contribution in [0.25, 0.3) is 0 Å². The molecule has 0 saturated heterocycles. The molecule has 0 saturated carbocycles. The van der Waals surface area contributed by atoms with Gasteiger partial charge >= 0.3 is 5.97 Å². The van der Waals surface area contributed by atoms with E-state index in [1.807, 2.05) is 53.4 Å². The number of rotatable bonds is 10. The molecule has 0 heterocycles. The predicted octanol–water partition coefficient (Wildman–Crippen LogP) is 6.11. The fourth-order valence-electron chi connectivity index (χ4n) is 3.70. The van der Waals surface area contributed by atoms with Crippen LogP contribution in [0.3, 0.4) is 0 Å². The van der Waals surface area contributed by atoms with E-state index in [1.165, 1.54) is 0 Å². The second kappa shape index (κ2) is 12.1. The van der Waals surface area contributed by atoms with Gasteiger partial charge in [0.2, 0.25) is 0 Å². The lowest BCUT2D eigenvalue weighted by molar-refractivity contribution is -0.143. The molecule has 0 fully saturated rings. The van der Waals surface area contributed by atoms with Crippen LogP contribution in [-0.2, 0) is 16.0 Å². The highest BCUT2D eigenvalue weighted by Gasteiger charge is 2.26. The quantitative estimate of drug-likeness (QED) is 0.351. The molecule has 0 bridgehead atoms. The molecule has 5 heteroatoms. The van der Waals surface area contributed by atoms with Gasteiger partial charge in [-0.2, -0.15) is 0 Å². The van der Waals surface area contributed by atoms with Crippen LogP contribution < -0.4 is 0 Å². The van der Waals surface area contributed by atoms with Gasteiger partial charge in [-0.1, -0.05) is 72.3 Å². The monoisotopic (exact) mass is 449 g/mol. The third-order valence-corrected chi connectivity index (χ3v) is 5.52. The summed E-state index contributed by atoms with van der Waals surface area (Å²) < 4.78 is 5.07. The number of hydrogen-bond donors (Lipinski definition) is 0. The number of hydrogen-bond acceptors (Lipinski definition) is 3. The molecule has 1 amide bonds. The first-order chi connectivity index (χ1) is 15.6. The number of carbonyl (C=O) groups excluding carboxylic acids is 2. The highest BCUT2D eigenvalue weighted by atomic mass is 35.5. The fourth-order valence-corrected chi connectivity index (χ4v) is 3.83. The Labute approximate surface area is 194 Å². The molecule has 4 nitrogen and oxygen atoms in total. The van der Waals surface area contributed by atoms with E-state index in [1.54, 1.807) is 31.2 Å². The first kappa shape index (κ1) is 23.6. The third-order valence-electron chi connectivity index (χ3n) is 5.27. The van der Waals surface area contributed by atoms with E-state index in [0.29, 0.717) is 36.6 Å². The molecular formula is C27H28ClNO3. The zero-order chi connectivity index (χ0) is 22.8. The molecule has 0 N–H and O–H groups in total. The number of ether oxygens (including phenoxy) is 1. The molecule has 166 valence electrons. The van der Waals surface area contributed by atoms with Crippen molar-refractivity contribution in [3.05, 3.63) is 107 Å². The summed E-state index contributed by atoms with van der Waals surface area (Å²) in [6.45, 7) is 2.58. The van der Waals surface area contributed by atoms with Gasteiger partial charge in [-0.25, -0.2) is 0 Å². The van der Waals surface area contributed by atoms with E-state index in [0.717, 1.165) is 11.1 Å². The minimum atomic E-state index is -0.245. The molecule has 0 aliphatic rings. The Morgan fingerprint density at radius 3 is 2.16 bits per heavy atom. The Kier molecular flexibility index (Phi) is 8.88. The number of halogens is 1. The Morgan fingerprint density at radius 1 is 0.906 bits per heavy atom. The summed E-state index contributed by atoms with van der Waals surface area (Å²) in [5.41, 5.74) is 2.76. The minimum Gasteiger partial charge on any atom is -0.466 e.